The Morgan fingerprint density at radius 3 is 1.07 bits per heavy atom. The maximum atomic E-state index is 13.2. The molecule has 0 saturated carbocycles. The summed E-state index contributed by atoms with van der Waals surface area (Å²) in [5, 5.41) is 54.9. The highest BCUT2D eigenvalue weighted by Crippen LogP contribution is 2.24. The molecule has 0 spiro atoms. The summed E-state index contributed by atoms with van der Waals surface area (Å²) in [4.78, 5) is 13.2. The zero-order chi connectivity index (χ0) is 62.1. The molecule has 1 amide bonds. The highest BCUT2D eigenvalue weighted by molar-refractivity contribution is 5.76. The normalized spacial score (nSPS) is 18.4. The Balaban J connectivity index is 2.11. The first-order valence-corrected chi connectivity index (χ1v) is 37.2. The van der Waals surface area contributed by atoms with Gasteiger partial charge in [0, 0.05) is 6.42 Å². The van der Waals surface area contributed by atoms with Crippen molar-refractivity contribution in [3.05, 3.63) is 72.9 Å². The van der Waals surface area contributed by atoms with Crippen LogP contribution >= 0.6 is 0 Å². The van der Waals surface area contributed by atoms with Gasteiger partial charge in [-0.3, -0.25) is 4.79 Å². The Kier molecular flexibility index (Phi) is 62.3. The van der Waals surface area contributed by atoms with Gasteiger partial charge in [-0.2, -0.15) is 0 Å². The molecule has 502 valence electrons. The summed E-state index contributed by atoms with van der Waals surface area (Å²) in [6.45, 7) is 3.71. The average molecular weight is 1210 g/mol. The van der Waals surface area contributed by atoms with E-state index in [2.05, 4.69) is 79.9 Å². The van der Waals surface area contributed by atoms with Gasteiger partial charge in [0.2, 0.25) is 5.91 Å². The Bertz CT molecular complexity index is 1590. The number of aliphatic hydroxyl groups excluding tert-OH is 5. The van der Waals surface area contributed by atoms with Crippen LogP contribution in [0, 0.1) is 0 Å². The second-order valence-electron chi connectivity index (χ2n) is 25.7. The Morgan fingerprint density at radius 1 is 0.407 bits per heavy atom. The van der Waals surface area contributed by atoms with Crippen LogP contribution in [-0.2, 0) is 14.3 Å². The van der Waals surface area contributed by atoms with Crippen LogP contribution in [0.15, 0.2) is 72.9 Å². The maximum absolute atomic E-state index is 13.2. The fraction of sp³-hybridized carbons (Fsp3) is 0.831. The number of amides is 1. The van der Waals surface area contributed by atoms with Crippen LogP contribution in [0.25, 0.3) is 0 Å². The van der Waals surface area contributed by atoms with E-state index in [1.807, 2.05) is 6.08 Å². The number of aliphatic hydroxyl groups is 5. The molecular weight excluding hydrogens is 1070 g/mol. The van der Waals surface area contributed by atoms with E-state index < -0.39 is 49.5 Å². The van der Waals surface area contributed by atoms with Gasteiger partial charge in [0.25, 0.3) is 0 Å². The van der Waals surface area contributed by atoms with Crippen molar-refractivity contribution in [2.24, 2.45) is 0 Å². The van der Waals surface area contributed by atoms with Gasteiger partial charge in [0.15, 0.2) is 6.29 Å². The third kappa shape index (κ3) is 53.5. The predicted molar refractivity (Wildman–Crippen MR) is 369 cm³/mol. The number of carbonyl (C=O) groups excluding carboxylic acids is 1. The van der Waals surface area contributed by atoms with Crippen LogP contribution in [-0.4, -0.2) is 87.5 Å². The van der Waals surface area contributed by atoms with Gasteiger partial charge in [0.1, 0.15) is 24.4 Å². The van der Waals surface area contributed by atoms with Crippen LogP contribution in [0.4, 0.5) is 0 Å². The lowest BCUT2D eigenvalue weighted by Crippen LogP contribution is -2.60. The highest BCUT2D eigenvalue weighted by atomic mass is 16.7. The molecule has 0 aliphatic carbocycles. The van der Waals surface area contributed by atoms with Gasteiger partial charge < -0.3 is 40.3 Å². The molecule has 9 nitrogen and oxygen atoms in total. The third-order valence-electron chi connectivity index (χ3n) is 17.5. The quantitative estimate of drug-likeness (QED) is 0.0261. The summed E-state index contributed by atoms with van der Waals surface area (Å²) in [6, 6.07) is -0.810. The van der Waals surface area contributed by atoms with Gasteiger partial charge in [-0.05, 0) is 64.2 Å². The minimum atomic E-state index is -1.57. The fourth-order valence-corrected chi connectivity index (χ4v) is 11.8. The van der Waals surface area contributed by atoms with E-state index >= 15 is 0 Å². The highest BCUT2D eigenvalue weighted by Gasteiger charge is 2.44. The minimum Gasteiger partial charge on any atom is -0.394 e. The van der Waals surface area contributed by atoms with Crippen LogP contribution in [0.5, 0.6) is 0 Å². The summed E-state index contributed by atoms with van der Waals surface area (Å²) in [5.74, 6) is -0.174. The number of allylic oxidation sites excluding steroid dienone is 11. The van der Waals surface area contributed by atoms with Crippen molar-refractivity contribution in [3.63, 3.8) is 0 Å². The molecule has 0 aromatic rings. The first-order valence-electron chi connectivity index (χ1n) is 37.2. The van der Waals surface area contributed by atoms with Crippen LogP contribution < -0.4 is 5.32 Å². The molecule has 86 heavy (non-hydrogen) atoms. The van der Waals surface area contributed by atoms with Crippen molar-refractivity contribution in [2.75, 3.05) is 13.2 Å². The Morgan fingerprint density at radius 2 is 0.721 bits per heavy atom. The molecule has 7 atom stereocenters. The maximum Gasteiger partial charge on any atom is 0.220 e. The summed E-state index contributed by atoms with van der Waals surface area (Å²) in [7, 11) is 0. The van der Waals surface area contributed by atoms with E-state index in [1.54, 1.807) is 6.08 Å². The third-order valence-corrected chi connectivity index (χ3v) is 17.5. The molecular formula is C77H141NO8. The molecule has 1 fully saturated rings. The Hall–Kier alpha value is -2.37. The number of ether oxygens (including phenoxy) is 2. The zero-order valence-corrected chi connectivity index (χ0v) is 56.3. The molecule has 1 aliphatic heterocycles. The number of unbranched alkanes of at least 4 members (excludes halogenated alkanes) is 45. The zero-order valence-electron chi connectivity index (χ0n) is 56.3. The number of rotatable bonds is 65. The second-order valence-corrected chi connectivity index (χ2v) is 25.7. The standard InChI is InChI=1S/C77H141NO8/c1-3-5-7-9-11-13-15-17-19-21-23-25-27-29-31-33-35-37-38-40-42-44-46-48-50-52-54-56-58-60-62-64-66-71(80)70(69-85-77-76(84)75(83)74(82)72(68-79)86-77)78-73(81)67-65-63-61-59-57-55-53-51-49-47-45-43-41-39-36-34-32-30-28-26-24-22-20-18-16-14-12-10-8-6-4-2/h6,8,12,14,18,20,24,26,30,32,64,66,70-72,74-77,79-80,82-84H,3-5,7,9-11,13,15-17,19,21-23,25,27-29,31,33-63,65,67-69H2,1-2H3,(H,78,81)/b8-6-,14-12-,20-18-,26-24-,32-30-,66-64+. The first-order chi connectivity index (χ1) is 42.3. The topological polar surface area (TPSA) is 149 Å². The SMILES string of the molecule is CC/C=C\C/C=C\C/C=C\C/C=C\C/C=C\CCCCCCCCCCCCCCCCCC(=O)NC(COC1OC(CO)C(O)C(O)C1O)C(O)/C=C/CCCCCCCCCCCCCCCCCCCCCCCCCCCCCCCC. The van der Waals surface area contributed by atoms with Crippen molar-refractivity contribution in [2.45, 2.75) is 397 Å². The van der Waals surface area contributed by atoms with E-state index in [1.165, 1.54) is 263 Å². The first kappa shape index (κ1) is 81.6. The van der Waals surface area contributed by atoms with E-state index in [9.17, 15) is 30.3 Å². The molecule has 9 heteroatoms. The van der Waals surface area contributed by atoms with E-state index in [0.29, 0.717) is 6.42 Å². The number of carbonyl (C=O) groups is 1. The van der Waals surface area contributed by atoms with Gasteiger partial charge in [-0.25, -0.2) is 0 Å². The summed E-state index contributed by atoms with van der Waals surface area (Å²) >= 11 is 0. The van der Waals surface area contributed by atoms with Gasteiger partial charge in [-0.15, -0.1) is 0 Å². The van der Waals surface area contributed by atoms with Crippen LogP contribution in [0.3, 0.4) is 0 Å². The van der Waals surface area contributed by atoms with E-state index in [4.69, 9.17) is 9.47 Å². The average Bonchev–Trinajstić information content (AvgIpc) is 3.59. The largest absolute Gasteiger partial charge is 0.394 e. The molecule has 1 saturated heterocycles. The van der Waals surface area contributed by atoms with Crippen molar-refractivity contribution >= 4 is 5.91 Å². The molecule has 0 aromatic heterocycles. The van der Waals surface area contributed by atoms with Gasteiger partial charge >= 0.3 is 0 Å². The Labute approximate surface area is 531 Å². The van der Waals surface area contributed by atoms with Crippen molar-refractivity contribution < 1.29 is 39.8 Å². The molecule has 6 N–H and O–H groups in total. The lowest BCUT2D eigenvalue weighted by molar-refractivity contribution is -0.302. The lowest BCUT2D eigenvalue weighted by atomic mass is 9.99. The molecule has 1 aliphatic rings. The lowest BCUT2D eigenvalue weighted by Gasteiger charge is -2.40. The predicted octanol–water partition coefficient (Wildman–Crippen LogP) is 20.7. The van der Waals surface area contributed by atoms with Crippen molar-refractivity contribution in [1.29, 1.82) is 0 Å². The van der Waals surface area contributed by atoms with E-state index in [-0.39, 0.29) is 12.5 Å². The van der Waals surface area contributed by atoms with Crippen LogP contribution in [0.1, 0.15) is 354 Å². The fourth-order valence-electron chi connectivity index (χ4n) is 11.8. The van der Waals surface area contributed by atoms with Gasteiger partial charge in [-0.1, -0.05) is 356 Å². The molecule has 7 unspecified atom stereocenters. The van der Waals surface area contributed by atoms with Crippen LogP contribution in [0.2, 0.25) is 0 Å². The molecule has 1 heterocycles. The molecule has 0 radical (unpaired) electrons. The monoisotopic (exact) mass is 1210 g/mol. The molecule has 1 rings (SSSR count). The van der Waals surface area contributed by atoms with Gasteiger partial charge in [0.05, 0.1) is 25.4 Å². The summed E-state index contributed by atoms with van der Waals surface area (Å²) < 4.78 is 11.3. The smallest absolute Gasteiger partial charge is 0.220 e. The molecule has 0 bridgehead atoms. The molecule has 0 aromatic carbocycles. The van der Waals surface area contributed by atoms with E-state index in [0.717, 1.165) is 70.6 Å². The summed E-state index contributed by atoms with van der Waals surface area (Å²) in [5.41, 5.74) is 0. The summed E-state index contributed by atoms with van der Waals surface area (Å²) in [6.07, 6.45) is 85.9. The minimum absolute atomic E-state index is 0.174. The second kappa shape index (κ2) is 65.6. The number of nitrogens with one attached hydrogen (secondary N) is 1. The van der Waals surface area contributed by atoms with Crippen molar-refractivity contribution in [3.8, 4) is 0 Å². The van der Waals surface area contributed by atoms with Crippen molar-refractivity contribution in [1.82, 2.24) is 5.32 Å². The number of hydrogen-bond acceptors (Lipinski definition) is 8. The number of hydrogen-bond donors (Lipinski definition) is 6.